The summed E-state index contributed by atoms with van der Waals surface area (Å²) < 4.78 is 1.41. The second kappa shape index (κ2) is 6.05. The van der Waals surface area contributed by atoms with E-state index in [0.29, 0.717) is 5.13 Å². The normalized spacial score (nSPS) is 31.9. The van der Waals surface area contributed by atoms with Gasteiger partial charge in [-0.15, -0.1) is 11.3 Å². The van der Waals surface area contributed by atoms with Gasteiger partial charge in [-0.05, 0) is 62.3 Å². The van der Waals surface area contributed by atoms with Gasteiger partial charge in [0.25, 0.3) is 5.56 Å². The fourth-order valence-electron chi connectivity index (χ4n) is 5.90. The first-order valence-corrected chi connectivity index (χ1v) is 10.4. The molecular formula is C20H23N3O2S. The molecule has 5 nitrogen and oxygen atoms in total. The van der Waals surface area contributed by atoms with Gasteiger partial charge in [0.2, 0.25) is 5.91 Å². The maximum Gasteiger partial charge on any atom is 0.250 e. The molecule has 4 fully saturated rings. The van der Waals surface area contributed by atoms with Gasteiger partial charge in [0, 0.05) is 23.1 Å². The van der Waals surface area contributed by atoms with Gasteiger partial charge < -0.3 is 9.88 Å². The number of pyridine rings is 1. The van der Waals surface area contributed by atoms with Crippen molar-refractivity contribution in [3.63, 3.8) is 0 Å². The van der Waals surface area contributed by atoms with Crippen LogP contribution in [0.3, 0.4) is 0 Å². The first-order valence-electron chi connectivity index (χ1n) is 9.51. The number of aromatic nitrogens is 2. The Morgan fingerprint density at radius 2 is 1.88 bits per heavy atom. The van der Waals surface area contributed by atoms with Gasteiger partial charge in [-0.1, -0.05) is 6.07 Å². The Morgan fingerprint density at radius 1 is 1.19 bits per heavy atom. The fourth-order valence-corrected chi connectivity index (χ4v) is 6.75. The van der Waals surface area contributed by atoms with Crippen molar-refractivity contribution in [1.29, 1.82) is 0 Å². The highest BCUT2D eigenvalue weighted by Crippen LogP contribution is 2.60. The third-order valence-corrected chi connectivity index (χ3v) is 7.30. The van der Waals surface area contributed by atoms with Gasteiger partial charge in [0.05, 0.1) is 5.69 Å². The van der Waals surface area contributed by atoms with Crippen LogP contribution in [0, 0.1) is 17.8 Å². The van der Waals surface area contributed by atoms with E-state index in [9.17, 15) is 9.59 Å². The lowest BCUT2D eigenvalue weighted by atomic mass is 9.49. The van der Waals surface area contributed by atoms with Crippen molar-refractivity contribution >= 4 is 22.4 Å². The topological polar surface area (TPSA) is 64.0 Å². The molecule has 0 atom stereocenters. The van der Waals surface area contributed by atoms with E-state index in [1.54, 1.807) is 18.3 Å². The van der Waals surface area contributed by atoms with Crippen molar-refractivity contribution in [3.05, 3.63) is 45.8 Å². The van der Waals surface area contributed by atoms with E-state index in [-0.39, 0.29) is 23.4 Å². The van der Waals surface area contributed by atoms with E-state index in [4.69, 9.17) is 4.98 Å². The number of hydrogen-bond donors (Lipinski definition) is 1. The summed E-state index contributed by atoms with van der Waals surface area (Å²) in [5, 5.41) is 5.69. The van der Waals surface area contributed by atoms with Crippen molar-refractivity contribution in [3.8, 4) is 0 Å². The molecular weight excluding hydrogens is 346 g/mol. The van der Waals surface area contributed by atoms with Crippen molar-refractivity contribution < 1.29 is 4.79 Å². The lowest BCUT2D eigenvalue weighted by Crippen LogP contribution is -2.48. The molecule has 6 heteroatoms. The SMILES string of the molecule is O=C(Cn1ccccc1=O)Nc1nc(C23CC4CC(CC(C4)C2)C3)cs1. The van der Waals surface area contributed by atoms with Crippen LogP contribution in [0.4, 0.5) is 5.13 Å². The maximum atomic E-state index is 12.3. The highest BCUT2D eigenvalue weighted by Gasteiger charge is 2.52. The number of anilines is 1. The van der Waals surface area contributed by atoms with Crippen LogP contribution in [0.25, 0.3) is 0 Å². The zero-order chi connectivity index (χ0) is 17.7. The number of thiazole rings is 1. The number of carbonyl (C=O) groups excluding carboxylic acids is 1. The highest BCUT2D eigenvalue weighted by molar-refractivity contribution is 7.13. The van der Waals surface area contributed by atoms with Crippen LogP contribution in [0.1, 0.15) is 44.2 Å². The van der Waals surface area contributed by atoms with E-state index in [1.807, 2.05) is 0 Å². The lowest BCUT2D eigenvalue weighted by molar-refractivity contribution is -0.116. The van der Waals surface area contributed by atoms with Crippen molar-refractivity contribution in [2.24, 2.45) is 17.8 Å². The molecule has 4 aliphatic carbocycles. The van der Waals surface area contributed by atoms with Gasteiger partial charge >= 0.3 is 0 Å². The monoisotopic (exact) mass is 369 g/mol. The Morgan fingerprint density at radius 3 is 2.54 bits per heavy atom. The molecule has 0 aliphatic heterocycles. The third-order valence-electron chi connectivity index (χ3n) is 6.55. The molecule has 6 rings (SSSR count). The minimum absolute atomic E-state index is 0.0198. The second-order valence-electron chi connectivity index (χ2n) is 8.45. The molecule has 4 saturated carbocycles. The zero-order valence-electron chi connectivity index (χ0n) is 14.7. The summed E-state index contributed by atoms with van der Waals surface area (Å²) in [6.07, 6.45) is 9.70. The average Bonchev–Trinajstić information content (AvgIpc) is 3.05. The van der Waals surface area contributed by atoms with Gasteiger partial charge in [0.1, 0.15) is 6.54 Å². The molecule has 2 heterocycles. The number of nitrogens with zero attached hydrogens (tertiary/aromatic N) is 2. The Bertz CT molecular complexity index is 865. The van der Waals surface area contributed by atoms with Crippen LogP contribution < -0.4 is 10.9 Å². The summed E-state index contributed by atoms with van der Waals surface area (Å²) in [7, 11) is 0. The van der Waals surface area contributed by atoms with Crippen LogP contribution in [0.15, 0.2) is 34.6 Å². The Kier molecular flexibility index (Phi) is 3.78. The summed E-state index contributed by atoms with van der Waals surface area (Å²) >= 11 is 1.51. The molecule has 0 spiro atoms. The molecule has 0 aromatic carbocycles. The van der Waals surface area contributed by atoms with Gasteiger partial charge in [-0.2, -0.15) is 0 Å². The predicted molar refractivity (Wildman–Crippen MR) is 101 cm³/mol. The molecule has 2 aromatic rings. The number of carbonyl (C=O) groups is 1. The minimum Gasteiger partial charge on any atom is -0.306 e. The van der Waals surface area contributed by atoms with E-state index in [2.05, 4.69) is 10.7 Å². The standard InChI is InChI=1S/C20H23N3O2S/c24-17(11-23-4-2-1-3-18(23)25)22-19-21-16(12-26-19)20-8-13-5-14(9-20)7-15(6-13)10-20/h1-4,12-15H,5-11H2,(H,21,22,24). The molecule has 2 aromatic heterocycles. The second-order valence-corrected chi connectivity index (χ2v) is 9.31. The summed E-state index contributed by atoms with van der Waals surface area (Å²) in [5.74, 6) is 2.44. The number of nitrogens with one attached hydrogen (secondary N) is 1. The summed E-state index contributed by atoms with van der Waals surface area (Å²) in [6, 6.07) is 4.89. The van der Waals surface area contributed by atoms with Gasteiger partial charge in [-0.3, -0.25) is 9.59 Å². The molecule has 0 radical (unpaired) electrons. The van der Waals surface area contributed by atoms with E-state index < -0.39 is 0 Å². The molecule has 4 bridgehead atoms. The fraction of sp³-hybridized carbons (Fsp3) is 0.550. The van der Waals surface area contributed by atoms with Crippen LogP contribution >= 0.6 is 11.3 Å². The Labute approximate surface area is 156 Å². The van der Waals surface area contributed by atoms with Crippen LogP contribution in [0.2, 0.25) is 0 Å². The molecule has 26 heavy (non-hydrogen) atoms. The molecule has 0 unspecified atom stereocenters. The Hall–Kier alpha value is -1.95. The predicted octanol–water partition coefficient (Wildman–Crippen LogP) is 3.41. The van der Waals surface area contributed by atoms with Gasteiger partial charge in [-0.25, -0.2) is 4.98 Å². The first-order chi connectivity index (χ1) is 12.6. The maximum absolute atomic E-state index is 12.3. The first kappa shape index (κ1) is 16.2. The number of amides is 1. The molecule has 136 valence electrons. The highest BCUT2D eigenvalue weighted by atomic mass is 32.1. The van der Waals surface area contributed by atoms with Gasteiger partial charge in [0.15, 0.2) is 5.13 Å². The molecule has 0 saturated heterocycles. The Balaban J connectivity index is 1.31. The summed E-state index contributed by atoms with van der Waals surface area (Å²) in [4.78, 5) is 28.8. The van der Waals surface area contributed by atoms with Crippen molar-refractivity contribution in [1.82, 2.24) is 9.55 Å². The third kappa shape index (κ3) is 2.80. The summed E-state index contributed by atoms with van der Waals surface area (Å²) in [5.41, 5.74) is 1.27. The van der Waals surface area contributed by atoms with E-state index in [1.165, 1.54) is 66.2 Å². The van der Waals surface area contributed by atoms with Crippen molar-refractivity contribution in [2.75, 3.05) is 5.32 Å². The van der Waals surface area contributed by atoms with E-state index in [0.717, 1.165) is 17.8 Å². The molecule has 1 amide bonds. The molecule has 1 N–H and O–H groups in total. The number of rotatable bonds is 4. The van der Waals surface area contributed by atoms with Crippen LogP contribution in [-0.4, -0.2) is 15.5 Å². The average molecular weight is 369 g/mol. The summed E-state index contributed by atoms with van der Waals surface area (Å²) in [6.45, 7) is 0.0198. The van der Waals surface area contributed by atoms with E-state index >= 15 is 0 Å². The molecule has 4 aliphatic rings. The number of hydrogen-bond acceptors (Lipinski definition) is 4. The van der Waals surface area contributed by atoms with Crippen LogP contribution in [0.5, 0.6) is 0 Å². The minimum atomic E-state index is -0.204. The van der Waals surface area contributed by atoms with Crippen molar-refractivity contribution in [2.45, 2.75) is 50.5 Å². The lowest BCUT2D eigenvalue weighted by Gasteiger charge is -2.56. The quantitative estimate of drug-likeness (QED) is 0.898. The smallest absolute Gasteiger partial charge is 0.250 e. The largest absolute Gasteiger partial charge is 0.306 e. The zero-order valence-corrected chi connectivity index (χ0v) is 15.5. The van der Waals surface area contributed by atoms with Crippen LogP contribution in [-0.2, 0) is 16.8 Å².